The highest BCUT2D eigenvalue weighted by molar-refractivity contribution is 7.92. The molecule has 2 aromatic rings. The molecular weight excluding hydrogens is 373 g/mol. The van der Waals surface area contributed by atoms with E-state index in [0.717, 1.165) is 37.2 Å². The largest absolute Gasteiger partial charge is 0.303 e. The van der Waals surface area contributed by atoms with Gasteiger partial charge in [0.05, 0.1) is 10.1 Å². The molecule has 0 amide bonds. The number of likely N-dealkylation sites (tertiary alicyclic amines) is 1. The molecule has 0 unspecified atom stereocenters. The Hall–Kier alpha value is -1.43. The van der Waals surface area contributed by atoms with Crippen LogP contribution in [0, 0.1) is 12.7 Å². The van der Waals surface area contributed by atoms with Gasteiger partial charge >= 0.3 is 0 Å². The van der Waals surface area contributed by atoms with Gasteiger partial charge in [0.15, 0.2) is 9.84 Å². The van der Waals surface area contributed by atoms with Gasteiger partial charge in [-0.1, -0.05) is 29.8 Å². The Labute approximate surface area is 161 Å². The Bertz CT molecular complexity index is 799. The molecule has 0 N–H and O–H groups in total. The number of piperidine rings is 1. The van der Waals surface area contributed by atoms with Gasteiger partial charge in [-0.15, -0.1) is 12.4 Å². The molecule has 0 spiro atoms. The summed E-state index contributed by atoms with van der Waals surface area (Å²) >= 11 is 0. The van der Waals surface area contributed by atoms with Crippen LogP contribution in [0.2, 0.25) is 0 Å². The predicted molar refractivity (Wildman–Crippen MR) is 105 cm³/mol. The van der Waals surface area contributed by atoms with Crippen LogP contribution in [0.25, 0.3) is 0 Å². The molecule has 1 fully saturated rings. The molecule has 1 heterocycles. The molecule has 2 aromatic carbocycles. The number of rotatable bonds is 5. The van der Waals surface area contributed by atoms with Gasteiger partial charge in [0.25, 0.3) is 0 Å². The van der Waals surface area contributed by atoms with E-state index in [2.05, 4.69) is 4.90 Å². The number of sulfone groups is 1. The van der Waals surface area contributed by atoms with Gasteiger partial charge in [0.2, 0.25) is 0 Å². The zero-order chi connectivity index (χ0) is 17.9. The molecule has 0 bridgehead atoms. The Morgan fingerprint density at radius 3 is 2.15 bits per heavy atom. The molecule has 6 heteroatoms. The summed E-state index contributed by atoms with van der Waals surface area (Å²) in [7, 11) is -3.24. The van der Waals surface area contributed by atoms with Crippen molar-refractivity contribution in [2.24, 2.45) is 0 Å². The van der Waals surface area contributed by atoms with Gasteiger partial charge in [0, 0.05) is 6.54 Å². The maximum Gasteiger partial charge on any atom is 0.181 e. The van der Waals surface area contributed by atoms with E-state index in [1.807, 2.05) is 31.2 Å². The third-order valence-corrected chi connectivity index (χ3v) is 7.23. The van der Waals surface area contributed by atoms with Crippen molar-refractivity contribution in [1.82, 2.24) is 4.90 Å². The summed E-state index contributed by atoms with van der Waals surface area (Å²) in [5.74, 6) is -0.217. The van der Waals surface area contributed by atoms with Crippen LogP contribution < -0.4 is 0 Å². The van der Waals surface area contributed by atoms with E-state index in [4.69, 9.17) is 0 Å². The molecule has 0 aromatic heterocycles. The second kappa shape index (κ2) is 8.98. The first-order chi connectivity index (χ1) is 11.9. The zero-order valence-corrected chi connectivity index (χ0v) is 16.5. The molecular formula is C20H25ClFNO2S. The SMILES string of the molecule is Cc1ccc(S(=O)(=O)C2CCN(CCc3ccc(F)cc3)CC2)cc1.Cl. The average molecular weight is 398 g/mol. The predicted octanol–water partition coefficient (Wildman–Crippen LogP) is 4.04. The van der Waals surface area contributed by atoms with E-state index in [-0.39, 0.29) is 23.5 Å². The number of hydrogen-bond acceptors (Lipinski definition) is 3. The van der Waals surface area contributed by atoms with Gasteiger partial charge in [0.1, 0.15) is 5.82 Å². The third-order valence-electron chi connectivity index (χ3n) is 4.95. The smallest absolute Gasteiger partial charge is 0.181 e. The Kier molecular flexibility index (Phi) is 7.21. The lowest BCUT2D eigenvalue weighted by Crippen LogP contribution is -2.40. The summed E-state index contributed by atoms with van der Waals surface area (Å²) in [5.41, 5.74) is 2.17. The summed E-state index contributed by atoms with van der Waals surface area (Å²) in [5, 5.41) is -0.294. The minimum absolute atomic E-state index is 0. The molecule has 0 atom stereocenters. The Morgan fingerprint density at radius 1 is 1.00 bits per heavy atom. The van der Waals surface area contributed by atoms with Crippen molar-refractivity contribution in [3.8, 4) is 0 Å². The van der Waals surface area contributed by atoms with Crippen molar-refractivity contribution in [2.45, 2.75) is 36.3 Å². The topological polar surface area (TPSA) is 37.4 Å². The van der Waals surface area contributed by atoms with E-state index in [0.29, 0.717) is 17.7 Å². The number of aryl methyl sites for hydroxylation is 1. The van der Waals surface area contributed by atoms with Gasteiger partial charge in [-0.25, -0.2) is 12.8 Å². The molecule has 3 nitrogen and oxygen atoms in total. The van der Waals surface area contributed by atoms with Gasteiger partial charge in [-0.05, 0) is 69.1 Å². The molecule has 1 aliphatic rings. The summed E-state index contributed by atoms with van der Waals surface area (Å²) < 4.78 is 38.5. The normalized spacial score (nSPS) is 16.2. The first-order valence-corrected chi connectivity index (χ1v) is 10.3. The fourth-order valence-corrected chi connectivity index (χ4v) is 5.03. The van der Waals surface area contributed by atoms with Gasteiger partial charge in [-0.2, -0.15) is 0 Å². The van der Waals surface area contributed by atoms with Crippen molar-refractivity contribution in [3.05, 3.63) is 65.5 Å². The zero-order valence-electron chi connectivity index (χ0n) is 14.9. The van der Waals surface area contributed by atoms with Crippen molar-refractivity contribution in [2.75, 3.05) is 19.6 Å². The summed E-state index contributed by atoms with van der Waals surface area (Å²) in [4.78, 5) is 2.73. The van der Waals surface area contributed by atoms with Crippen molar-refractivity contribution in [1.29, 1.82) is 0 Å². The standard InChI is InChI=1S/C20H24FNO2S.ClH/c1-16-2-8-19(9-3-16)25(23,24)20-11-14-22(15-12-20)13-10-17-4-6-18(21)7-5-17;/h2-9,20H,10-15H2,1H3;1H. The highest BCUT2D eigenvalue weighted by Crippen LogP contribution is 2.25. The van der Waals surface area contributed by atoms with Gasteiger partial charge in [-0.3, -0.25) is 0 Å². The summed E-state index contributed by atoms with van der Waals surface area (Å²) in [6.07, 6.45) is 2.19. The number of hydrogen-bond donors (Lipinski definition) is 0. The van der Waals surface area contributed by atoms with E-state index < -0.39 is 9.84 Å². The molecule has 3 rings (SSSR count). The molecule has 142 valence electrons. The molecule has 0 aliphatic carbocycles. The molecule has 1 saturated heterocycles. The van der Waals surface area contributed by atoms with E-state index >= 15 is 0 Å². The van der Waals surface area contributed by atoms with Crippen LogP contribution in [0.4, 0.5) is 4.39 Å². The fraction of sp³-hybridized carbons (Fsp3) is 0.400. The van der Waals surface area contributed by atoms with Crippen molar-refractivity contribution < 1.29 is 12.8 Å². The van der Waals surface area contributed by atoms with E-state index in [9.17, 15) is 12.8 Å². The fourth-order valence-electron chi connectivity index (χ4n) is 3.30. The molecule has 0 saturated carbocycles. The first kappa shape index (κ1) is 20.9. The Morgan fingerprint density at radius 2 is 1.58 bits per heavy atom. The summed E-state index contributed by atoms with van der Waals surface area (Å²) in [6, 6.07) is 13.7. The Balaban J connectivity index is 0.00000243. The van der Waals surface area contributed by atoms with Crippen LogP contribution in [0.3, 0.4) is 0 Å². The lowest BCUT2D eigenvalue weighted by molar-refractivity contribution is 0.232. The average Bonchev–Trinajstić information content (AvgIpc) is 2.62. The maximum absolute atomic E-state index is 12.9. The molecule has 26 heavy (non-hydrogen) atoms. The minimum Gasteiger partial charge on any atom is -0.303 e. The van der Waals surface area contributed by atoms with Crippen LogP contribution in [-0.4, -0.2) is 38.2 Å². The van der Waals surface area contributed by atoms with Gasteiger partial charge < -0.3 is 4.90 Å². The van der Waals surface area contributed by atoms with Crippen molar-refractivity contribution >= 4 is 22.2 Å². The first-order valence-electron chi connectivity index (χ1n) is 8.72. The highest BCUT2D eigenvalue weighted by atomic mass is 35.5. The van der Waals surface area contributed by atoms with E-state index in [1.54, 1.807) is 12.1 Å². The van der Waals surface area contributed by atoms with Crippen LogP contribution in [0.1, 0.15) is 24.0 Å². The lowest BCUT2D eigenvalue weighted by atomic mass is 10.1. The monoisotopic (exact) mass is 397 g/mol. The van der Waals surface area contributed by atoms with Crippen LogP contribution >= 0.6 is 12.4 Å². The number of nitrogens with zero attached hydrogens (tertiary/aromatic N) is 1. The number of halogens is 2. The quantitative estimate of drug-likeness (QED) is 0.764. The molecule has 1 aliphatic heterocycles. The third kappa shape index (κ3) is 5.06. The maximum atomic E-state index is 12.9. The van der Waals surface area contributed by atoms with Crippen LogP contribution in [-0.2, 0) is 16.3 Å². The molecule has 0 radical (unpaired) electrons. The lowest BCUT2D eigenvalue weighted by Gasteiger charge is -2.31. The second-order valence-corrected chi connectivity index (χ2v) is 9.00. The summed E-state index contributed by atoms with van der Waals surface area (Å²) in [6.45, 7) is 4.41. The highest BCUT2D eigenvalue weighted by Gasteiger charge is 2.31. The number of benzene rings is 2. The van der Waals surface area contributed by atoms with Crippen LogP contribution in [0.15, 0.2) is 53.4 Å². The van der Waals surface area contributed by atoms with Crippen molar-refractivity contribution in [3.63, 3.8) is 0 Å². The second-order valence-electron chi connectivity index (χ2n) is 6.78. The van der Waals surface area contributed by atoms with E-state index in [1.165, 1.54) is 12.1 Å². The van der Waals surface area contributed by atoms with Crippen LogP contribution in [0.5, 0.6) is 0 Å². The minimum atomic E-state index is -3.24.